The van der Waals surface area contributed by atoms with Gasteiger partial charge in [-0.05, 0) is 32.8 Å². The largest absolute Gasteiger partial charge is 0.464 e. The van der Waals surface area contributed by atoms with Gasteiger partial charge in [0, 0.05) is 18.1 Å². The van der Waals surface area contributed by atoms with Crippen LogP contribution in [0.4, 0.5) is 4.79 Å². The summed E-state index contributed by atoms with van der Waals surface area (Å²) in [6.07, 6.45) is -0.155. The Kier molecular flexibility index (Phi) is 7.53. The Balaban J connectivity index is 2.06. The SMILES string of the molecule is CC(=O)OC[C@@H](Cc1ccc(C(=O)c2ccccc2)cc1)NC(=O)OC(C)(C)C. The van der Waals surface area contributed by atoms with Crippen molar-refractivity contribution in [2.75, 3.05) is 6.61 Å². The maximum Gasteiger partial charge on any atom is 0.408 e. The maximum absolute atomic E-state index is 12.5. The van der Waals surface area contributed by atoms with E-state index in [0.29, 0.717) is 17.5 Å². The third-order valence-electron chi connectivity index (χ3n) is 3.94. The first kappa shape index (κ1) is 22.1. The molecular formula is C23H27NO5. The lowest BCUT2D eigenvalue weighted by Gasteiger charge is -2.23. The minimum atomic E-state index is -0.629. The normalized spacial score (nSPS) is 12.0. The second-order valence-corrected chi connectivity index (χ2v) is 7.74. The number of benzene rings is 2. The summed E-state index contributed by atoms with van der Waals surface area (Å²) in [7, 11) is 0. The van der Waals surface area contributed by atoms with Crippen molar-refractivity contribution < 1.29 is 23.9 Å². The predicted molar refractivity (Wildman–Crippen MR) is 110 cm³/mol. The molecule has 1 N–H and O–H groups in total. The van der Waals surface area contributed by atoms with E-state index in [1.54, 1.807) is 45.0 Å². The van der Waals surface area contributed by atoms with Crippen molar-refractivity contribution in [3.8, 4) is 0 Å². The van der Waals surface area contributed by atoms with Crippen molar-refractivity contribution in [2.45, 2.75) is 45.8 Å². The van der Waals surface area contributed by atoms with Crippen LogP contribution in [-0.2, 0) is 20.7 Å². The number of esters is 1. The standard InChI is InChI=1S/C23H27NO5/c1-16(25)28-15-20(24-22(27)29-23(2,3)4)14-17-10-12-19(13-11-17)21(26)18-8-6-5-7-9-18/h5-13,20H,14-15H2,1-4H3,(H,24,27)/t20-/m1/s1. The van der Waals surface area contributed by atoms with Crippen LogP contribution in [0.1, 0.15) is 49.2 Å². The molecule has 0 fully saturated rings. The topological polar surface area (TPSA) is 81.7 Å². The van der Waals surface area contributed by atoms with E-state index >= 15 is 0 Å². The van der Waals surface area contributed by atoms with Gasteiger partial charge < -0.3 is 14.8 Å². The average Bonchev–Trinajstić information content (AvgIpc) is 2.65. The van der Waals surface area contributed by atoms with Gasteiger partial charge in [-0.25, -0.2) is 4.79 Å². The van der Waals surface area contributed by atoms with Crippen LogP contribution in [0, 0.1) is 0 Å². The van der Waals surface area contributed by atoms with E-state index < -0.39 is 23.7 Å². The van der Waals surface area contributed by atoms with E-state index in [-0.39, 0.29) is 12.4 Å². The molecule has 1 atom stereocenters. The minimum Gasteiger partial charge on any atom is -0.464 e. The summed E-state index contributed by atoms with van der Waals surface area (Å²) in [6, 6.07) is 15.8. The zero-order valence-corrected chi connectivity index (χ0v) is 17.2. The van der Waals surface area contributed by atoms with Crippen molar-refractivity contribution in [2.24, 2.45) is 0 Å². The lowest BCUT2D eigenvalue weighted by molar-refractivity contribution is -0.141. The van der Waals surface area contributed by atoms with Crippen molar-refractivity contribution in [1.29, 1.82) is 0 Å². The molecule has 2 rings (SSSR count). The summed E-state index contributed by atoms with van der Waals surface area (Å²) in [5, 5.41) is 2.74. The lowest BCUT2D eigenvalue weighted by atomic mass is 10.00. The number of hydrogen-bond donors (Lipinski definition) is 1. The highest BCUT2D eigenvalue weighted by atomic mass is 16.6. The highest BCUT2D eigenvalue weighted by Gasteiger charge is 2.21. The summed E-state index contributed by atoms with van der Waals surface area (Å²) in [6.45, 7) is 6.66. The number of carbonyl (C=O) groups excluding carboxylic acids is 3. The molecule has 0 spiro atoms. The molecule has 0 bridgehead atoms. The smallest absolute Gasteiger partial charge is 0.408 e. The van der Waals surface area contributed by atoms with Gasteiger partial charge in [-0.3, -0.25) is 9.59 Å². The monoisotopic (exact) mass is 397 g/mol. The van der Waals surface area contributed by atoms with Gasteiger partial charge in [-0.1, -0.05) is 54.6 Å². The molecule has 2 aromatic rings. The highest BCUT2D eigenvalue weighted by molar-refractivity contribution is 6.08. The Morgan fingerprint density at radius 2 is 1.52 bits per heavy atom. The predicted octanol–water partition coefficient (Wildman–Crippen LogP) is 3.92. The van der Waals surface area contributed by atoms with Gasteiger partial charge >= 0.3 is 12.1 Å². The fraction of sp³-hybridized carbons (Fsp3) is 0.348. The van der Waals surface area contributed by atoms with Crippen LogP contribution >= 0.6 is 0 Å². The quantitative estimate of drug-likeness (QED) is 0.566. The number of nitrogens with one attached hydrogen (secondary N) is 1. The molecule has 0 saturated heterocycles. The van der Waals surface area contributed by atoms with Crippen LogP contribution in [0.3, 0.4) is 0 Å². The number of alkyl carbamates (subject to hydrolysis) is 1. The number of carbonyl (C=O) groups is 3. The van der Waals surface area contributed by atoms with E-state index in [9.17, 15) is 14.4 Å². The van der Waals surface area contributed by atoms with Crippen molar-refractivity contribution in [1.82, 2.24) is 5.32 Å². The first-order chi connectivity index (χ1) is 13.6. The molecule has 0 aliphatic rings. The number of hydrogen-bond acceptors (Lipinski definition) is 5. The van der Waals surface area contributed by atoms with Crippen LogP contribution in [0.25, 0.3) is 0 Å². The molecule has 0 aliphatic carbocycles. The van der Waals surface area contributed by atoms with E-state index in [1.807, 2.05) is 30.3 Å². The zero-order valence-electron chi connectivity index (χ0n) is 17.2. The van der Waals surface area contributed by atoms with Gasteiger partial charge in [-0.2, -0.15) is 0 Å². The molecule has 0 aliphatic heterocycles. The summed E-state index contributed by atoms with van der Waals surface area (Å²) in [5.74, 6) is -0.481. The Hall–Kier alpha value is -3.15. The molecular weight excluding hydrogens is 370 g/mol. The molecule has 29 heavy (non-hydrogen) atoms. The summed E-state index contributed by atoms with van der Waals surface area (Å²) < 4.78 is 10.3. The molecule has 0 heterocycles. The lowest BCUT2D eigenvalue weighted by Crippen LogP contribution is -2.43. The van der Waals surface area contributed by atoms with E-state index in [0.717, 1.165) is 5.56 Å². The second kappa shape index (κ2) is 9.87. The first-order valence-corrected chi connectivity index (χ1v) is 9.45. The second-order valence-electron chi connectivity index (χ2n) is 7.74. The molecule has 154 valence electrons. The Labute approximate surface area is 171 Å². The van der Waals surface area contributed by atoms with Crippen molar-refractivity contribution in [3.63, 3.8) is 0 Å². The fourth-order valence-electron chi connectivity index (χ4n) is 2.68. The van der Waals surface area contributed by atoms with Crippen LogP contribution < -0.4 is 5.32 Å². The number of ketones is 1. The van der Waals surface area contributed by atoms with Gasteiger partial charge in [0.1, 0.15) is 12.2 Å². The molecule has 0 radical (unpaired) electrons. The molecule has 0 unspecified atom stereocenters. The molecule has 6 heteroatoms. The van der Waals surface area contributed by atoms with Crippen LogP contribution in [0.15, 0.2) is 54.6 Å². The average molecular weight is 397 g/mol. The van der Waals surface area contributed by atoms with Gasteiger partial charge in [-0.15, -0.1) is 0 Å². The molecule has 0 aromatic heterocycles. The number of ether oxygens (including phenoxy) is 2. The fourth-order valence-corrected chi connectivity index (χ4v) is 2.68. The molecule has 1 amide bonds. The number of rotatable bonds is 7. The Morgan fingerprint density at radius 3 is 2.07 bits per heavy atom. The van der Waals surface area contributed by atoms with Gasteiger partial charge in [0.05, 0.1) is 6.04 Å². The van der Waals surface area contributed by atoms with E-state index in [4.69, 9.17) is 9.47 Å². The van der Waals surface area contributed by atoms with Gasteiger partial charge in [0.15, 0.2) is 5.78 Å². The molecule has 6 nitrogen and oxygen atoms in total. The van der Waals surface area contributed by atoms with E-state index in [2.05, 4.69) is 5.32 Å². The summed E-state index contributed by atoms with van der Waals surface area (Å²) >= 11 is 0. The Morgan fingerprint density at radius 1 is 0.931 bits per heavy atom. The molecule has 2 aromatic carbocycles. The summed E-state index contributed by atoms with van der Waals surface area (Å²) in [4.78, 5) is 35.8. The van der Waals surface area contributed by atoms with E-state index in [1.165, 1.54) is 6.92 Å². The van der Waals surface area contributed by atoms with Gasteiger partial charge in [0.25, 0.3) is 0 Å². The van der Waals surface area contributed by atoms with Crippen molar-refractivity contribution >= 4 is 17.8 Å². The zero-order chi connectivity index (χ0) is 21.4. The summed E-state index contributed by atoms with van der Waals surface area (Å²) in [5.41, 5.74) is 1.47. The first-order valence-electron chi connectivity index (χ1n) is 9.45. The third-order valence-corrected chi connectivity index (χ3v) is 3.94. The minimum absolute atomic E-state index is 0.0271. The van der Waals surface area contributed by atoms with Crippen LogP contribution in [0.5, 0.6) is 0 Å². The molecule has 0 saturated carbocycles. The van der Waals surface area contributed by atoms with Crippen LogP contribution in [0.2, 0.25) is 0 Å². The van der Waals surface area contributed by atoms with Gasteiger partial charge in [0.2, 0.25) is 0 Å². The Bertz CT molecular complexity index is 838. The maximum atomic E-state index is 12.5. The highest BCUT2D eigenvalue weighted by Crippen LogP contribution is 2.13. The number of amides is 1. The van der Waals surface area contributed by atoms with Crippen LogP contribution in [-0.4, -0.2) is 36.1 Å². The third kappa shape index (κ3) is 7.78. The van der Waals surface area contributed by atoms with Crippen molar-refractivity contribution in [3.05, 3.63) is 71.3 Å².